The van der Waals surface area contributed by atoms with Crippen molar-refractivity contribution < 1.29 is 24.9 Å². The number of nitrogens with two attached hydrogens (primary N) is 1. The minimum absolute atomic E-state index is 0.269. The number of nitrogens with one attached hydrogen (secondary N) is 2. The summed E-state index contributed by atoms with van der Waals surface area (Å²) in [5, 5.41) is 37.5. The summed E-state index contributed by atoms with van der Waals surface area (Å²) in [7, 11) is 0. The van der Waals surface area contributed by atoms with Gasteiger partial charge in [-0.05, 0) is 0 Å². The molecule has 0 aliphatic carbocycles. The number of hydrogen-bond donors (Lipinski definition) is 6. The number of aliphatic hydroxyl groups is 3. The van der Waals surface area contributed by atoms with Crippen LogP contribution in [0.1, 0.15) is 0 Å². The van der Waals surface area contributed by atoms with Crippen molar-refractivity contribution in [3.63, 3.8) is 0 Å². The maximum absolute atomic E-state index is 10.5. The van der Waals surface area contributed by atoms with Gasteiger partial charge in [-0.3, -0.25) is 10.2 Å². The van der Waals surface area contributed by atoms with Crippen LogP contribution >= 0.6 is 0 Å². The molecule has 1 aliphatic heterocycles. The molecule has 1 aliphatic rings. The Labute approximate surface area is 96.4 Å². The van der Waals surface area contributed by atoms with Crippen LogP contribution in [0.3, 0.4) is 0 Å². The minimum Gasteiger partial charge on any atom is -0.394 e. The van der Waals surface area contributed by atoms with Crippen molar-refractivity contribution in [3.05, 3.63) is 0 Å². The fourth-order valence-corrected chi connectivity index (χ4v) is 1.27. The SMILES string of the molecule is N=C(/N=C\N[C@@]1(O)CO[C@H](CO)[C@@H]1O)C(N)=O. The molecule has 0 spiro atoms. The molecule has 17 heavy (non-hydrogen) atoms. The van der Waals surface area contributed by atoms with Gasteiger partial charge in [-0.15, -0.1) is 0 Å². The molecule has 0 radical (unpaired) electrons. The summed E-state index contributed by atoms with van der Waals surface area (Å²) in [6, 6.07) is 0. The van der Waals surface area contributed by atoms with Crippen LogP contribution in [-0.2, 0) is 9.53 Å². The Kier molecular flexibility index (Phi) is 4.12. The number of nitrogens with zero attached hydrogens (tertiary/aromatic N) is 1. The van der Waals surface area contributed by atoms with Gasteiger partial charge >= 0.3 is 0 Å². The zero-order valence-electron chi connectivity index (χ0n) is 8.83. The minimum atomic E-state index is -1.82. The maximum Gasteiger partial charge on any atom is 0.285 e. The molecule has 7 N–H and O–H groups in total. The first-order valence-electron chi connectivity index (χ1n) is 4.72. The lowest BCUT2D eigenvalue weighted by Gasteiger charge is -2.25. The van der Waals surface area contributed by atoms with E-state index < -0.39 is 36.3 Å². The van der Waals surface area contributed by atoms with Crippen molar-refractivity contribution in [2.45, 2.75) is 17.9 Å². The Bertz CT molecular complexity index is 347. The van der Waals surface area contributed by atoms with Gasteiger partial charge in [-0.2, -0.15) is 0 Å². The van der Waals surface area contributed by atoms with E-state index in [0.29, 0.717) is 0 Å². The van der Waals surface area contributed by atoms with Crippen molar-refractivity contribution in [3.8, 4) is 0 Å². The van der Waals surface area contributed by atoms with Crippen LogP contribution in [0.4, 0.5) is 0 Å². The predicted octanol–water partition coefficient (Wildman–Crippen LogP) is -3.49. The van der Waals surface area contributed by atoms with E-state index in [1.54, 1.807) is 0 Å². The Hall–Kier alpha value is -1.55. The van der Waals surface area contributed by atoms with Gasteiger partial charge in [0, 0.05) is 0 Å². The van der Waals surface area contributed by atoms with E-state index >= 15 is 0 Å². The Morgan fingerprint density at radius 2 is 2.41 bits per heavy atom. The third kappa shape index (κ3) is 2.97. The highest BCUT2D eigenvalue weighted by Gasteiger charge is 2.47. The Morgan fingerprint density at radius 1 is 1.76 bits per heavy atom. The van der Waals surface area contributed by atoms with Gasteiger partial charge in [0.2, 0.25) is 5.84 Å². The zero-order valence-corrected chi connectivity index (χ0v) is 8.83. The fourth-order valence-electron chi connectivity index (χ4n) is 1.27. The molecule has 0 aromatic heterocycles. The summed E-state index contributed by atoms with van der Waals surface area (Å²) in [4.78, 5) is 13.8. The van der Waals surface area contributed by atoms with Gasteiger partial charge in [0.05, 0.1) is 19.6 Å². The smallest absolute Gasteiger partial charge is 0.285 e. The van der Waals surface area contributed by atoms with Gasteiger partial charge in [0.1, 0.15) is 12.2 Å². The molecular formula is C8H14N4O5. The Morgan fingerprint density at radius 3 is 2.88 bits per heavy atom. The van der Waals surface area contributed by atoms with Crippen molar-refractivity contribution in [2.75, 3.05) is 13.2 Å². The maximum atomic E-state index is 10.5. The number of aliphatic imine (C=N–C) groups is 1. The summed E-state index contributed by atoms with van der Waals surface area (Å²) in [5.74, 6) is -1.72. The normalized spacial score (nSPS) is 32.9. The van der Waals surface area contributed by atoms with E-state index in [4.69, 9.17) is 21.0 Å². The summed E-state index contributed by atoms with van der Waals surface area (Å²) in [6.45, 7) is -0.714. The highest BCUT2D eigenvalue weighted by atomic mass is 16.5. The Balaban J connectivity index is 2.57. The van der Waals surface area contributed by atoms with Gasteiger partial charge in [-0.1, -0.05) is 0 Å². The number of amidine groups is 1. The van der Waals surface area contributed by atoms with Crippen molar-refractivity contribution in [1.29, 1.82) is 5.41 Å². The molecule has 9 heteroatoms. The second kappa shape index (κ2) is 5.19. The standard InChI is InChI=1S/C8H14N4O5/c9-6(7(10)15)11-3-12-8(16)2-17-4(1-13)5(8)14/h3-5,13-14,16H,1-2H2,(H2,10,15)(H2,9,11,12)/t4-,5+,8-/m1/s1. The lowest BCUT2D eigenvalue weighted by atomic mass is 10.1. The molecular weight excluding hydrogens is 232 g/mol. The lowest BCUT2D eigenvalue weighted by molar-refractivity contribution is -0.112. The molecule has 0 bridgehead atoms. The monoisotopic (exact) mass is 246 g/mol. The zero-order chi connectivity index (χ0) is 13.1. The summed E-state index contributed by atoms with van der Waals surface area (Å²) >= 11 is 0. The molecule has 9 nitrogen and oxygen atoms in total. The van der Waals surface area contributed by atoms with Crippen LogP contribution in [0.15, 0.2) is 4.99 Å². The number of carbonyl (C=O) groups is 1. The molecule has 0 unspecified atom stereocenters. The molecule has 1 fully saturated rings. The van der Waals surface area contributed by atoms with Crippen LogP contribution < -0.4 is 11.1 Å². The molecule has 0 aromatic rings. The van der Waals surface area contributed by atoms with Crippen molar-refractivity contribution in [1.82, 2.24) is 5.32 Å². The van der Waals surface area contributed by atoms with Crippen LogP contribution in [-0.4, -0.2) is 64.5 Å². The van der Waals surface area contributed by atoms with E-state index in [2.05, 4.69) is 10.3 Å². The average molecular weight is 246 g/mol. The van der Waals surface area contributed by atoms with Gasteiger partial charge in [0.15, 0.2) is 5.72 Å². The molecule has 1 saturated heterocycles. The van der Waals surface area contributed by atoms with Crippen molar-refractivity contribution in [2.24, 2.45) is 10.7 Å². The number of rotatable bonds is 3. The van der Waals surface area contributed by atoms with E-state index in [1.165, 1.54) is 0 Å². The fraction of sp³-hybridized carbons (Fsp3) is 0.625. The number of hydrogen-bond acceptors (Lipinski definition) is 6. The lowest BCUT2D eigenvalue weighted by Crippen LogP contribution is -2.55. The average Bonchev–Trinajstić information content (AvgIpc) is 2.55. The van der Waals surface area contributed by atoms with E-state index in [1.807, 2.05) is 0 Å². The third-order valence-corrected chi connectivity index (χ3v) is 2.28. The number of primary amides is 1. The first-order chi connectivity index (χ1) is 7.90. The largest absolute Gasteiger partial charge is 0.394 e. The highest BCUT2D eigenvalue weighted by molar-refractivity contribution is 6.37. The molecule has 96 valence electrons. The van der Waals surface area contributed by atoms with E-state index in [-0.39, 0.29) is 6.61 Å². The third-order valence-electron chi connectivity index (χ3n) is 2.28. The first-order valence-corrected chi connectivity index (χ1v) is 4.72. The quantitative estimate of drug-likeness (QED) is 0.172. The van der Waals surface area contributed by atoms with Crippen molar-refractivity contribution >= 4 is 18.1 Å². The molecule has 1 heterocycles. The number of aliphatic hydroxyl groups excluding tert-OH is 2. The van der Waals surface area contributed by atoms with Gasteiger partial charge in [-0.25, -0.2) is 4.99 Å². The summed E-state index contributed by atoms with van der Waals surface area (Å²) in [5.41, 5.74) is 2.93. The van der Waals surface area contributed by atoms with Gasteiger partial charge in [0.25, 0.3) is 5.91 Å². The van der Waals surface area contributed by atoms with E-state index in [9.17, 15) is 15.0 Å². The van der Waals surface area contributed by atoms with Crippen LogP contribution in [0.25, 0.3) is 0 Å². The molecule has 1 rings (SSSR count). The van der Waals surface area contributed by atoms with Gasteiger partial charge < -0.3 is 31.1 Å². The van der Waals surface area contributed by atoms with Crippen LogP contribution in [0.5, 0.6) is 0 Å². The molecule has 3 atom stereocenters. The number of amides is 1. The highest BCUT2D eigenvalue weighted by Crippen LogP contribution is 2.21. The summed E-state index contributed by atoms with van der Waals surface area (Å²) < 4.78 is 4.92. The topological polar surface area (TPSA) is 161 Å². The number of ether oxygens (including phenoxy) is 1. The van der Waals surface area contributed by atoms with Crippen LogP contribution in [0, 0.1) is 5.41 Å². The predicted molar refractivity (Wildman–Crippen MR) is 56.3 cm³/mol. The summed E-state index contributed by atoms with van der Waals surface area (Å²) in [6.07, 6.45) is -1.41. The second-order valence-corrected chi connectivity index (χ2v) is 3.52. The first kappa shape index (κ1) is 13.5. The number of carbonyl (C=O) groups excluding carboxylic acids is 1. The van der Waals surface area contributed by atoms with Crippen LogP contribution in [0.2, 0.25) is 0 Å². The molecule has 0 saturated carbocycles. The van der Waals surface area contributed by atoms with E-state index in [0.717, 1.165) is 6.34 Å². The second-order valence-electron chi connectivity index (χ2n) is 3.52. The molecule has 0 aromatic carbocycles. The molecule has 1 amide bonds.